The summed E-state index contributed by atoms with van der Waals surface area (Å²) in [5.41, 5.74) is 4.42. The number of rotatable bonds is 2. The number of hydrogen-bond acceptors (Lipinski definition) is 2. The molecule has 0 spiro atoms. The molecule has 1 N–H and O–H groups in total. The van der Waals surface area contributed by atoms with Crippen LogP contribution in [0.15, 0.2) is 36.7 Å². The average molecular weight is 470 g/mol. The lowest BCUT2D eigenvalue weighted by molar-refractivity contribution is 0.475. The van der Waals surface area contributed by atoms with Crippen molar-refractivity contribution in [3.63, 3.8) is 0 Å². The Morgan fingerprint density at radius 2 is 1.48 bits per heavy atom. The molecule has 29 heavy (non-hydrogen) atoms. The van der Waals surface area contributed by atoms with Gasteiger partial charge in [-0.2, -0.15) is 0 Å². The Kier molecular flexibility index (Phi) is 5.16. The Balaban J connectivity index is 2.24. The lowest BCUT2D eigenvalue weighted by atomic mass is 9.91. The molecule has 0 atom stereocenters. The minimum atomic E-state index is -0.363. The molecule has 0 saturated heterocycles. The first-order valence-corrected chi connectivity index (χ1v) is 10.0. The molecule has 0 unspecified atom stereocenters. The molecule has 2 aromatic heterocycles. The van der Waals surface area contributed by atoms with Crippen LogP contribution in [0, 0.1) is 19.7 Å². The van der Waals surface area contributed by atoms with E-state index in [0.717, 1.165) is 0 Å². The van der Waals surface area contributed by atoms with E-state index in [9.17, 15) is 9.50 Å². The normalized spacial score (nSPS) is 11.4. The first kappa shape index (κ1) is 20.3. The van der Waals surface area contributed by atoms with Gasteiger partial charge < -0.3 is 9.51 Å². The van der Waals surface area contributed by atoms with Crippen LogP contribution in [0.2, 0.25) is 20.4 Å². The summed E-state index contributed by atoms with van der Waals surface area (Å²) in [5, 5.41) is 11.1. The number of fused-ring (bicyclic) bond motifs is 1. The Hall–Kier alpha value is -1.98. The minimum absolute atomic E-state index is 0.135. The van der Waals surface area contributed by atoms with E-state index in [4.69, 9.17) is 46.4 Å². The second-order valence-corrected chi connectivity index (χ2v) is 8.06. The summed E-state index contributed by atoms with van der Waals surface area (Å²) in [4.78, 5) is 4.19. The van der Waals surface area contributed by atoms with E-state index < -0.39 is 0 Å². The van der Waals surface area contributed by atoms with Crippen molar-refractivity contribution in [2.75, 3.05) is 0 Å². The number of benzene rings is 2. The Morgan fingerprint density at radius 3 is 2.07 bits per heavy atom. The third-order valence-electron chi connectivity index (χ3n) is 4.95. The molecule has 4 rings (SSSR count). The van der Waals surface area contributed by atoms with Crippen molar-refractivity contribution < 1.29 is 9.50 Å². The fourth-order valence-corrected chi connectivity index (χ4v) is 4.59. The number of halogens is 5. The van der Waals surface area contributed by atoms with Crippen molar-refractivity contribution in [2.45, 2.75) is 13.8 Å². The second-order valence-electron chi connectivity index (χ2n) is 6.59. The molecular formula is C21H13Cl4FN2O. The van der Waals surface area contributed by atoms with E-state index in [-0.39, 0.29) is 26.8 Å². The molecule has 4 aromatic rings. The van der Waals surface area contributed by atoms with Gasteiger partial charge >= 0.3 is 0 Å². The lowest BCUT2D eigenvalue weighted by Gasteiger charge is -2.17. The van der Waals surface area contributed by atoms with Crippen molar-refractivity contribution in [1.29, 1.82) is 0 Å². The highest BCUT2D eigenvalue weighted by atomic mass is 35.5. The third kappa shape index (κ3) is 3.06. The number of phenolic OH excluding ortho intramolecular Hbond substituents is 1. The van der Waals surface area contributed by atoms with Crippen LogP contribution < -0.4 is 0 Å². The summed E-state index contributed by atoms with van der Waals surface area (Å²) >= 11 is 25.9. The van der Waals surface area contributed by atoms with Gasteiger partial charge in [0.05, 0.1) is 15.6 Å². The first-order chi connectivity index (χ1) is 13.7. The van der Waals surface area contributed by atoms with Gasteiger partial charge in [0.15, 0.2) is 10.9 Å². The topological polar surface area (TPSA) is 37.5 Å². The lowest BCUT2D eigenvalue weighted by Crippen LogP contribution is -1.94. The summed E-state index contributed by atoms with van der Waals surface area (Å²) in [7, 11) is 0. The molecule has 0 amide bonds. The Morgan fingerprint density at radius 1 is 0.897 bits per heavy atom. The minimum Gasteiger partial charge on any atom is -0.505 e. The summed E-state index contributed by atoms with van der Waals surface area (Å²) in [6, 6.07) is 5.98. The van der Waals surface area contributed by atoms with E-state index in [1.54, 1.807) is 36.6 Å². The fraction of sp³-hybridized carbons (Fsp3) is 0.0952. The average Bonchev–Trinajstić information content (AvgIpc) is 2.99. The van der Waals surface area contributed by atoms with E-state index in [1.165, 1.54) is 18.3 Å². The summed E-state index contributed by atoms with van der Waals surface area (Å²) in [6.45, 7) is 3.55. The number of phenols is 1. The predicted molar refractivity (Wildman–Crippen MR) is 117 cm³/mol. The molecular weight excluding hydrogens is 457 g/mol. The van der Waals surface area contributed by atoms with Crippen LogP contribution in [-0.2, 0) is 0 Å². The Bertz CT molecular complexity index is 1250. The number of aromatic nitrogens is 2. The van der Waals surface area contributed by atoms with Crippen LogP contribution in [-0.4, -0.2) is 14.5 Å². The van der Waals surface area contributed by atoms with Gasteiger partial charge in [-0.15, -0.1) is 0 Å². The molecule has 0 saturated carbocycles. The van der Waals surface area contributed by atoms with Crippen molar-refractivity contribution in [2.24, 2.45) is 0 Å². The molecule has 2 aromatic carbocycles. The maximum atomic E-state index is 13.5. The number of hydrogen-bond donors (Lipinski definition) is 1. The van der Waals surface area contributed by atoms with Crippen LogP contribution >= 0.6 is 46.4 Å². The Labute approximate surface area is 186 Å². The van der Waals surface area contributed by atoms with Gasteiger partial charge in [-0.1, -0.05) is 58.5 Å². The van der Waals surface area contributed by atoms with Gasteiger partial charge in [0.2, 0.25) is 0 Å². The SMILES string of the molecule is Cc1c(Cl)c(O)c(Cl)c(C)c1-c1c(-c2ccc(F)cc2)c(Cl)n2ccnc(Cl)c12. The molecule has 148 valence electrons. The van der Waals surface area contributed by atoms with Gasteiger partial charge in [-0.25, -0.2) is 9.37 Å². The van der Waals surface area contributed by atoms with Crippen LogP contribution in [0.1, 0.15) is 11.1 Å². The van der Waals surface area contributed by atoms with Crippen LogP contribution in [0.5, 0.6) is 5.75 Å². The maximum Gasteiger partial charge on any atom is 0.153 e. The monoisotopic (exact) mass is 468 g/mol. The molecule has 0 radical (unpaired) electrons. The van der Waals surface area contributed by atoms with Crippen molar-refractivity contribution in [3.8, 4) is 28.0 Å². The molecule has 0 aliphatic heterocycles. The largest absolute Gasteiger partial charge is 0.505 e. The van der Waals surface area contributed by atoms with Crippen molar-refractivity contribution in [1.82, 2.24) is 9.38 Å². The van der Waals surface area contributed by atoms with Gasteiger partial charge in [-0.05, 0) is 48.2 Å². The van der Waals surface area contributed by atoms with Crippen molar-refractivity contribution >= 4 is 51.9 Å². The van der Waals surface area contributed by atoms with Gasteiger partial charge in [0.25, 0.3) is 0 Å². The van der Waals surface area contributed by atoms with Crippen LogP contribution in [0.3, 0.4) is 0 Å². The zero-order chi connectivity index (χ0) is 21.0. The molecule has 8 heteroatoms. The standard InChI is InChI=1S/C21H13Cl4FN2O/c1-9-13(10(2)17(23)19(29)16(9)22)15-14(11-3-5-12(26)6-4-11)21(25)28-8-7-27-20(24)18(15)28/h3-8,29H,1-2H3. The molecule has 0 fully saturated rings. The predicted octanol–water partition coefficient (Wildman–Crippen LogP) is 7.74. The second kappa shape index (κ2) is 7.37. The van der Waals surface area contributed by atoms with Crippen LogP contribution in [0.4, 0.5) is 4.39 Å². The molecule has 2 heterocycles. The van der Waals surface area contributed by atoms with Gasteiger partial charge in [0.1, 0.15) is 11.0 Å². The van der Waals surface area contributed by atoms with Gasteiger partial charge in [-0.3, -0.25) is 0 Å². The zero-order valence-electron chi connectivity index (χ0n) is 15.2. The van der Waals surface area contributed by atoms with Gasteiger partial charge in [0, 0.05) is 23.5 Å². The maximum absolute atomic E-state index is 13.5. The summed E-state index contributed by atoms with van der Waals surface area (Å²) < 4.78 is 15.2. The summed E-state index contributed by atoms with van der Waals surface area (Å²) in [5.74, 6) is -0.549. The van der Waals surface area contributed by atoms with E-state index >= 15 is 0 Å². The number of nitrogens with zero attached hydrogens (tertiary/aromatic N) is 2. The molecule has 0 aliphatic rings. The third-order valence-corrected chi connectivity index (χ3v) is 6.52. The molecule has 0 bridgehead atoms. The quantitative estimate of drug-likeness (QED) is 0.326. The highest BCUT2D eigenvalue weighted by Crippen LogP contribution is 2.50. The zero-order valence-corrected chi connectivity index (χ0v) is 18.2. The highest BCUT2D eigenvalue weighted by molar-refractivity contribution is 6.40. The van der Waals surface area contributed by atoms with E-state index in [2.05, 4.69) is 4.98 Å². The highest BCUT2D eigenvalue weighted by Gasteiger charge is 2.27. The smallest absolute Gasteiger partial charge is 0.153 e. The number of aromatic hydroxyl groups is 1. The van der Waals surface area contributed by atoms with E-state index in [0.29, 0.717) is 44.1 Å². The van der Waals surface area contributed by atoms with Crippen molar-refractivity contribution in [3.05, 3.63) is 74.0 Å². The summed E-state index contributed by atoms with van der Waals surface area (Å²) in [6.07, 6.45) is 3.23. The van der Waals surface area contributed by atoms with Crippen LogP contribution in [0.25, 0.3) is 27.8 Å². The molecule has 3 nitrogen and oxygen atoms in total. The fourth-order valence-electron chi connectivity index (χ4n) is 3.58. The molecule has 0 aliphatic carbocycles. The van der Waals surface area contributed by atoms with E-state index in [1.807, 2.05) is 0 Å². The first-order valence-electron chi connectivity index (χ1n) is 8.51.